The van der Waals surface area contributed by atoms with Crippen molar-refractivity contribution < 1.29 is 23.5 Å². The van der Waals surface area contributed by atoms with Crippen LogP contribution in [0.4, 0.5) is 5.88 Å². The minimum Gasteiger partial charge on any atom is -0.462 e. The Morgan fingerprint density at radius 3 is 2.30 bits per heavy atom. The zero-order valence-electron chi connectivity index (χ0n) is 19.7. The Labute approximate surface area is 203 Å². The molecule has 1 aliphatic rings. The van der Waals surface area contributed by atoms with Crippen LogP contribution in [0.2, 0.25) is 0 Å². The molecule has 1 aromatic carbocycles. The van der Waals surface area contributed by atoms with Crippen LogP contribution >= 0.6 is 15.9 Å². The third kappa shape index (κ3) is 5.75. The molecule has 33 heavy (non-hydrogen) atoms. The number of Topliss-reactive ketones (excluding diaryl/α,β-unsaturated/α-hetero) is 1. The molecule has 0 bridgehead atoms. The van der Waals surface area contributed by atoms with E-state index < -0.39 is 5.97 Å². The summed E-state index contributed by atoms with van der Waals surface area (Å²) in [6.45, 7) is 8.02. The monoisotopic (exact) mass is 517 g/mol. The number of hydrogen-bond acceptors (Lipinski definition) is 5. The molecule has 1 aromatic heterocycles. The molecule has 0 radical (unpaired) electrons. The quantitative estimate of drug-likeness (QED) is 0.234. The SMILES string of the molecule is CCOC(=O)c1cc(-c2ccc(C(=O)CBr)cc2)oc1N(C(=O)C1CCC(C)CC1)C(C)C. The highest BCUT2D eigenvalue weighted by molar-refractivity contribution is 9.09. The molecule has 1 fully saturated rings. The fourth-order valence-electron chi connectivity index (χ4n) is 4.25. The largest absolute Gasteiger partial charge is 0.462 e. The second-order valence-corrected chi connectivity index (χ2v) is 9.50. The number of alkyl halides is 1. The Morgan fingerprint density at radius 2 is 1.76 bits per heavy atom. The van der Waals surface area contributed by atoms with Crippen LogP contribution in [0.25, 0.3) is 11.3 Å². The maximum atomic E-state index is 13.5. The Kier molecular flexibility index (Phi) is 8.51. The van der Waals surface area contributed by atoms with Gasteiger partial charge in [0.05, 0.1) is 11.9 Å². The van der Waals surface area contributed by atoms with E-state index in [9.17, 15) is 14.4 Å². The molecule has 0 N–H and O–H groups in total. The third-order valence-corrected chi connectivity index (χ3v) is 6.67. The number of halogens is 1. The summed E-state index contributed by atoms with van der Waals surface area (Å²) in [5, 5.41) is 0.246. The van der Waals surface area contributed by atoms with E-state index in [1.54, 1.807) is 42.2 Å². The topological polar surface area (TPSA) is 76.8 Å². The van der Waals surface area contributed by atoms with E-state index in [0.29, 0.717) is 22.8 Å². The lowest BCUT2D eigenvalue weighted by Crippen LogP contribution is -2.42. The van der Waals surface area contributed by atoms with Crippen molar-refractivity contribution in [1.29, 1.82) is 0 Å². The van der Waals surface area contributed by atoms with Crippen LogP contribution in [-0.2, 0) is 9.53 Å². The summed E-state index contributed by atoms with van der Waals surface area (Å²) >= 11 is 3.18. The Hall–Kier alpha value is -2.41. The Balaban J connectivity index is 2.00. The minimum atomic E-state index is -0.524. The van der Waals surface area contributed by atoms with E-state index in [-0.39, 0.29) is 47.0 Å². The molecule has 7 heteroatoms. The molecule has 0 spiro atoms. The summed E-state index contributed by atoms with van der Waals surface area (Å²) in [6.07, 6.45) is 3.73. The van der Waals surface area contributed by atoms with Crippen molar-refractivity contribution in [2.45, 2.75) is 59.4 Å². The van der Waals surface area contributed by atoms with Gasteiger partial charge in [0.25, 0.3) is 0 Å². The highest BCUT2D eigenvalue weighted by Crippen LogP contribution is 2.37. The zero-order valence-corrected chi connectivity index (χ0v) is 21.3. The summed E-state index contributed by atoms with van der Waals surface area (Å²) in [6, 6.07) is 8.43. The van der Waals surface area contributed by atoms with Gasteiger partial charge in [-0.1, -0.05) is 47.1 Å². The predicted octanol–water partition coefficient (Wildman–Crippen LogP) is 6.27. The molecule has 1 saturated carbocycles. The highest BCUT2D eigenvalue weighted by atomic mass is 79.9. The number of benzene rings is 1. The van der Waals surface area contributed by atoms with Crippen LogP contribution < -0.4 is 4.90 Å². The molecule has 3 rings (SSSR count). The first-order valence-electron chi connectivity index (χ1n) is 11.6. The van der Waals surface area contributed by atoms with Crippen molar-refractivity contribution in [1.82, 2.24) is 0 Å². The van der Waals surface area contributed by atoms with Gasteiger partial charge in [0.15, 0.2) is 5.78 Å². The summed E-state index contributed by atoms with van der Waals surface area (Å²) in [5.74, 6) is 0.662. The summed E-state index contributed by atoms with van der Waals surface area (Å²) in [5.41, 5.74) is 1.53. The van der Waals surface area contributed by atoms with Crippen molar-refractivity contribution in [3.8, 4) is 11.3 Å². The molecular weight excluding hydrogens is 486 g/mol. The summed E-state index contributed by atoms with van der Waals surface area (Å²) in [4.78, 5) is 39.9. The fourth-order valence-corrected chi connectivity index (χ4v) is 4.57. The van der Waals surface area contributed by atoms with Crippen LogP contribution in [0.3, 0.4) is 0 Å². The molecule has 0 saturated heterocycles. The number of anilines is 1. The van der Waals surface area contributed by atoms with Crippen molar-refractivity contribution in [3.63, 3.8) is 0 Å². The number of ether oxygens (including phenoxy) is 1. The zero-order chi connectivity index (χ0) is 24.1. The van der Waals surface area contributed by atoms with Gasteiger partial charge < -0.3 is 9.15 Å². The van der Waals surface area contributed by atoms with Gasteiger partial charge in [0.2, 0.25) is 11.8 Å². The lowest BCUT2D eigenvalue weighted by molar-refractivity contribution is -0.124. The number of carbonyl (C=O) groups excluding carboxylic acids is 3. The number of furan rings is 1. The normalized spacial score (nSPS) is 18.2. The van der Waals surface area contributed by atoms with Gasteiger partial charge in [-0.25, -0.2) is 4.79 Å². The first-order chi connectivity index (χ1) is 15.8. The second-order valence-electron chi connectivity index (χ2n) is 8.94. The van der Waals surface area contributed by atoms with Gasteiger partial charge in [0, 0.05) is 29.2 Å². The van der Waals surface area contributed by atoms with E-state index in [0.717, 1.165) is 25.7 Å². The van der Waals surface area contributed by atoms with Crippen molar-refractivity contribution in [2.75, 3.05) is 16.8 Å². The van der Waals surface area contributed by atoms with Crippen LogP contribution in [0.5, 0.6) is 0 Å². The van der Waals surface area contributed by atoms with Gasteiger partial charge in [-0.3, -0.25) is 14.5 Å². The summed E-state index contributed by atoms with van der Waals surface area (Å²) in [7, 11) is 0. The molecule has 0 atom stereocenters. The first kappa shape index (κ1) is 25.2. The van der Waals surface area contributed by atoms with Crippen LogP contribution in [0.15, 0.2) is 34.7 Å². The van der Waals surface area contributed by atoms with Crippen LogP contribution in [-0.4, -0.2) is 35.6 Å². The van der Waals surface area contributed by atoms with Gasteiger partial charge in [-0.05, 0) is 52.4 Å². The third-order valence-electron chi connectivity index (χ3n) is 6.16. The molecule has 1 heterocycles. The average Bonchev–Trinajstić information content (AvgIpc) is 3.24. The highest BCUT2D eigenvalue weighted by Gasteiger charge is 2.35. The lowest BCUT2D eigenvalue weighted by Gasteiger charge is -2.32. The number of amides is 1. The standard InChI is InChI=1S/C26H32BrNO5/c1-5-32-26(31)21-14-23(19-12-10-18(11-13-19)22(29)15-27)33-25(21)28(16(2)3)24(30)20-8-6-17(4)7-9-20/h10-14,16-17,20H,5-9,15H2,1-4H3. The maximum Gasteiger partial charge on any atom is 0.343 e. The number of hydrogen-bond donors (Lipinski definition) is 0. The van der Waals surface area contributed by atoms with Gasteiger partial charge in [-0.2, -0.15) is 0 Å². The smallest absolute Gasteiger partial charge is 0.343 e. The summed E-state index contributed by atoms with van der Waals surface area (Å²) < 4.78 is 11.4. The van der Waals surface area contributed by atoms with E-state index in [4.69, 9.17) is 9.15 Å². The Morgan fingerprint density at radius 1 is 1.12 bits per heavy atom. The molecular formula is C26H32BrNO5. The fraction of sp³-hybridized carbons (Fsp3) is 0.500. The average molecular weight is 518 g/mol. The van der Waals surface area contributed by atoms with E-state index in [1.165, 1.54) is 0 Å². The van der Waals surface area contributed by atoms with Gasteiger partial charge in [-0.15, -0.1) is 0 Å². The molecule has 0 unspecified atom stereocenters. The minimum absolute atomic E-state index is 0.0124. The number of esters is 1. The van der Waals surface area contributed by atoms with Crippen molar-refractivity contribution in [2.24, 2.45) is 11.8 Å². The number of nitrogens with zero attached hydrogens (tertiary/aromatic N) is 1. The lowest BCUT2D eigenvalue weighted by atomic mass is 9.82. The van der Waals surface area contributed by atoms with Crippen LogP contribution in [0, 0.1) is 11.8 Å². The molecule has 0 aliphatic heterocycles. The second kappa shape index (κ2) is 11.1. The van der Waals surface area contributed by atoms with Gasteiger partial charge in [0.1, 0.15) is 11.3 Å². The molecule has 6 nitrogen and oxygen atoms in total. The first-order valence-corrected chi connectivity index (χ1v) is 12.7. The van der Waals surface area contributed by atoms with Gasteiger partial charge >= 0.3 is 5.97 Å². The maximum absolute atomic E-state index is 13.5. The van der Waals surface area contributed by atoms with E-state index in [1.807, 2.05) is 13.8 Å². The van der Waals surface area contributed by atoms with E-state index >= 15 is 0 Å². The number of ketones is 1. The Bertz CT molecular complexity index is 987. The van der Waals surface area contributed by atoms with Crippen LogP contribution in [0.1, 0.15) is 74.1 Å². The molecule has 1 amide bonds. The molecule has 178 valence electrons. The molecule has 1 aliphatic carbocycles. The molecule has 2 aromatic rings. The van der Waals surface area contributed by atoms with E-state index in [2.05, 4.69) is 22.9 Å². The number of carbonyl (C=O) groups is 3. The van der Waals surface area contributed by atoms with Crippen molar-refractivity contribution in [3.05, 3.63) is 41.5 Å². The predicted molar refractivity (Wildman–Crippen MR) is 132 cm³/mol. The number of rotatable bonds is 8. The van der Waals surface area contributed by atoms with Crippen molar-refractivity contribution >= 4 is 39.5 Å².